The molecule has 1 atom stereocenters. The van der Waals surface area contributed by atoms with Crippen LogP contribution in [0.15, 0.2) is 30.5 Å². The lowest BCUT2D eigenvalue weighted by Gasteiger charge is -2.13. The maximum atomic E-state index is 12.3. The average molecular weight is 341 g/mol. The van der Waals surface area contributed by atoms with E-state index in [0.29, 0.717) is 5.56 Å². The van der Waals surface area contributed by atoms with Crippen LogP contribution in [-0.4, -0.2) is 34.5 Å². The number of para-hydroxylation sites is 1. The molecule has 3 amide bonds. The van der Waals surface area contributed by atoms with E-state index in [4.69, 9.17) is 0 Å². The summed E-state index contributed by atoms with van der Waals surface area (Å²) in [5.41, 5.74) is 3.14. The Kier molecular flexibility index (Phi) is 4.26. The number of nitrogens with one attached hydrogen (secondary N) is 2. The van der Waals surface area contributed by atoms with Gasteiger partial charge in [-0.05, 0) is 13.0 Å². The molecule has 25 heavy (non-hydrogen) atoms. The summed E-state index contributed by atoms with van der Waals surface area (Å²) in [6.45, 7) is 2.07. The van der Waals surface area contributed by atoms with Crippen molar-refractivity contribution in [1.82, 2.24) is 20.4 Å². The van der Waals surface area contributed by atoms with Crippen LogP contribution in [0, 0.1) is 6.92 Å². The molecule has 0 saturated carbocycles. The van der Waals surface area contributed by atoms with Gasteiger partial charge in [0, 0.05) is 43.1 Å². The minimum Gasteiger partial charge on any atom is -0.344 e. The fourth-order valence-electron chi connectivity index (χ4n) is 2.79. The highest BCUT2D eigenvalue weighted by Gasteiger charge is 2.36. The van der Waals surface area contributed by atoms with Crippen molar-refractivity contribution in [2.24, 2.45) is 7.05 Å². The fourth-order valence-corrected chi connectivity index (χ4v) is 2.79. The molecule has 0 spiro atoms. The molecule has 1 aliphatic rings. The standard InChI is InChI=1S/C17H19N5O3/c1-10-11(9-19-22(10)3)8-18-15(23)16(24)20-14-12-6-4-5-7-13(12)21(2)17(14)25/h4-7,9,14H,8H2,1-3H3,(H,18,23)(H,20,24)/t14-/m1/s1. The van der Waals surface area contributed by atoms with Crippen LogP contribution in [0.1, 0.15) is 22.9 Å². The van der Waals surface area contributed by atoms with Gasteiger partial charge in [0.15, 0.2) is 0 Å². The molecule has 0 aliphatic carbocycles. The molecule has 3 rings (SSSR count). The smallest absolute Gasteiger partial charge is 0.310 e. The zero-order valence-electron chi connectivity index (χ0n) is 14.2. The zero-order valence-corrected chi connectivity index (χ0v) is 14.2. The highest BCUT2D eigenvalue weighted by Crippen LogP contribution is 2.34. The number of benzene rings is 1. The summed E-state index contributed by atoms with van der Waals surface area (Å²) in [6.07, 6.45) is 1.64. The van der Waals surface area contributed by atoms with E-state index in [-0.39, 0.29) is 12.5 Å². The Labute approximate surface area is 144 Å². The Morgan fingerprint density at radius 1 is 1.20 bits per heavy atom. The molecular weight excluding hydrogens is 322 g/mol. The normalized spacial score (nSPS) is 15.9. The number of aromatic nitrogens is 2. The average Bonchev–Trinajstić information content (AvgIpc) is 3.05. The third-order valence-electron chi connectivity index (χ3n) is 4.44. The van der Waals surface area contributed by atoms with Crippen molar-refractivity contribution in [3.63, 3.8) is 0 Å². The van der Waals surface area contributed by atoms with Crippen LogP contribution in [0.2, 0.25) is 0 Å². The molecule has 1 aromatic heterocycles. The number of nitrogens with zero attached hydrogens (tertiary/aromatic N) is 3. The summed E-state index contributed by atoms with van der Waals surface area (Å²) < 4.78 is 1.69. The quantitative estimate of drug-likeness (QED) is 0.779. The van der Waals surface area contributed by atoms with E-state index < -0.39 is 17.9 Å². The van der Waals surface area contributed by atoms with E-state index in [1.807, 2.05) is 13.0 Å². The third-order valence-corrected chi connectivity index (χ3v) is 4.44. The zero-order chi connectivity index (χ0) is 18.1. The monoisotopic (exact) mass is 341 g/mol. The third kappa shape index (κ3) is 2.98. The van der Waals surface area contributed by atoms with E-state index >= 15 is 0 Å². The molecule has 2 N–H and O–H groups in total. The van der Waals surface area contributed by atoms with E-state index in [0.717, 1.165) is 16.9 Å². The topological polar surface area (TPSA) is 96.3 Å². The van der Waals surface area contributed by atoms with Crippen molar-refractivity contribution in [2.75, 3.05) is 11.9 Å². The fraction of sp³-hybridized carbons (Fsp3) is 0.294. The molecule has 8 nitrogen and oxygen atoms in total. The van der Waals surface area contributed by atoms with Crippen LogP contribution >= 0.6 is 0 Å². The van der Waals surface area contributed by atoms with Crippen LogP contribution in [0.4, 0.5) is 5.69 Å². The van der Waals surface area contributed by atoms with Gasteiger partial charge >= 0.3 is 11.8 Å². The lowest BCUT2D eigenvalue weighted by molar-refractivity contribution is -0.140. The summed E-state index contributed by atoms with van der Waals surface area (Å²) >= 11 is 0. The Balaban J connectivity index is 1.65. The predicted molar refractivity (Wildman–Crippen MR) is 90.5 cm³/mol. The number of amides is 3. The van der Waals surface area contributed by atoms with Crippen molar-refractivity contribution in [2.45, 2.75) is 19.5 Å². The summed E-state index contributed by atoms with van der Waals surface area (Å²) in [4.78, 5) is 38.0. The number of hydrogen-bond donors (Lipinski definition) is 2. The molecule has 0 unspecified atom stereocenters. The number of carbonyl (C=O) groups is 3. The Morgan fingerprint density at radius 2 is 1.92 bits per heavy atom. The Bertz CT molecular complexity index is 858. The van der Waals surface area contributed by atoms with E-state index in [9.17, 15) is 14.4 Å². The molecular formula is C17H19N5O3. The SMILES string of the molecule is Cc1c(CNC(=O)C(=O)N[C@H]2C(=O)N(C)c3ccccc32)cnn1C. The lowest BCUT2D eigenvalue weighted by atomic mass is 10.1. The molecule has 2 heterocycles. The first-order valence-electron chi connectivity index (χ1n) is 7.82. The molecule has 0 saturated heterocycles. The molecule has 8 heteroatoms. The molecule has 1 aromatic carbocycles. The number of fused-ring (bicyclic) bond motifs is 1. The van der Waals surface area contributed by atoms with Gasteiger partial charge in [-0.1, -0.05) is 18.2 Å². The van der Waals surface area contributed by atoms with Gasteiger partial charge < -0.3 is 15.5 Å². The molecule has 2 aromatic rings. The van der Waals surface area contributed by atoms with Gasteiger partial charge in [0.05, 0.1) is 6.20 Å². The van der Waals surface area contributed by atoms with Crippen LogP contribution in [0.5, 0.6) is 0 Å². The van der Waals surface area contributed by atoms with Crippen LogP contribution < -0.4 is 15.5 Å². The summed E-state index contributed by atoms with van der Waals surface area (Å²) in [5.74, 6) is -1.90. The van der Waals surface area contributed by atoms with Gasteiger partial charge in [0.25, 0.3) is 5.91 Å². The Morgan fingerprint density at radius 3 is 2.60 bits per heavy atom. The first kappa shape index (κ1) is 16.7. The number of hydrogen-bond acceptors (Lipinski definition) is 4. The van der Waals surface area contributed by atoms with Crippen molar-refractivity contribution in [3.05, 3.63) is 47.3 Å². The minimum atomic E-state index is -0.848. The number of carbonyl (C=O) groups excluding carboxylic acids is 3. The predicted octanol–water partition coefficient (Wildman–Crippen LogP) is 0.179. The number of rotatable bonds is 3. The van der Waals surface area contributed by atoms with Crippen LogP contribution in [0.25, 0.3) is 0 Å². The van der Waals surface area contributed by atoms with E-state index in [2.05, 4.69) is 15.7 Å². The lowest BCUT2D eigenvalue weighted by Crippen LogP contribution is -2.43. The van der Waals surface area contributed by atoms with Gasteiger partial charge in [-0.3, -0.25) is 19.1 Å². The number of aryl methyl sites for hydroxylation is 1. The van der Waals surface area contributed by atoms with Crippen molar-refractivity contribution in [1.29, 1.82) is 0 Å². The second-order valence-corrected chi connectivity index (χ2v) is 5.92. The van der Waals surface area contributed by atoms with Crippen molar-refractivity contribution < 1.29 is 14.4 Å². The second kappa shape index (κ2) is 6.39. The highest BCUT2D eigenvalue weighted by molar-refractivity contribution is 6.35. The highest BCUT2D eigenvalue weighted by atomic mass is 16.2. The van der Waals surface area contributed by atoms with Gasteiger partial charge in [0.2, 0.25) is 0 Å². The molecule has 1 aliphatic heterocycles. The summed E-state index contributed by atoms with van der Waals surface area (Å²) in [7, 11) is 3.44. The number of likely N-dealkylation sites (N-methyl/N-ethyl adjacent to an activating group) is 1. The van der Waals surface area contributed by atoms with Gasteiger partial charge in [-0.15, -0.1) is 0 Å². The van der Waals surface area contributed by atoms with Gasteiger partial charge in [-0.2, -0.15) is 5.10 Å². The van der Waals surface area contributed by atoms with Gasteiger partial charge in [0.1, 0.15) is 6.04 Å². The van der Waals surface area contributed by atoms with Crippen molar-refractivity contribution in [3.8, 4) is 0 Å². The first-order valence-corrected chi connectivity index (χ1v) is 7.82. The maximum absolute atomic E-state index is 12.3. The molecule has 0 radical (unpaired) electrons. The van der Waals surface area contributed by atoms with Gasteiger partial charge in [-0.25, -0.2) is 0 Å². The largest absolute Gasteiger partial charge is 0.344 e. The second-order valence-electron chi connectivity index (χ2n) is 5.92. The number of anilines is 1. The first-order chi connectivity index (χ1) is 11.9. The van der Waals surface area contributed by atoms with Crippen LogP contribution in [-0.2, 0) is 28.0 Å². The molecule has 130 valence electrons. The van der Waals surface area contributed by atoms with E-state index in [1.54, 1.807) is 43.2 Å². The summed E-state index contributed by atoms with van der Waals surface area (Å²) in [5, 5.41) is 9.14. The molecule has 0 fully saturated rings. The van der Waals surface area contributed by atoms with Crippen LogP contribution in [0.3, 0.4) is 0 Å². The maximum Gasteiger partial charge on any atom is 0.310 e. The summed E-state index contributed by atoms with van der Waals surface area (Å²) in [6, 6.07) is 6.31. The van der Waals surface area contributed by atoms with E-state index in [1.165, 1.54) is 4.90 Å². The molecule has 0 bridgehead atoms. The Hall–Kier alpha value is -3.16. The minimum absolute atomic E-state index is 0.195. The van der Waals surface area contributed by atoms with Crippen molar-refractivity contribution >= 4 is 23.4 Å².